The molecule has 0 aliphatic heterocycles. The fraction of sp³-hybridized carbons (Fsp3) is 0.600. The second-order valence-electron chi connectivity index (χ2n) is 3.96. The highest BCUT2D eigenvalue weighted by atomic mass is 16.2. The van der Waals surface area contributed by atoms with Gasteiger partial charge in [-0.15, -0.1) is 0 Å². The van der Waals surface area contributed by atoms with Gasteiger partial charge in [0.1, 0.15) is 6.54 Å². The van der Waals surface area contributed by atoms with Gasteiger partial charge >= 0.3 is 0 Å². The molecule has 0 radical (unpaired) electrons. The van der Waals surface area contributed by atoms with E-state index in [9.17, 15) is 4.79 Å². The molecule has 1 heterocycles. The number of carbonyl (C=O) groups excluding carboxylic acids is 1. The normalized spacial score (nSPS) is 12.9. The highest BCUT2D eigenvalue weighted by molar-refractivity contribution is 5.76. The van der Waals surface area contributed by atoms with Gasteiger partial charge in [-0.2, -0.15) is 0 Å². The number of nitrogens with zero attached hydrogens (tertiary/aromatic N) is 2. The molecule has 3 N–H and O–H groups in total. The zero-order chi connectivity index (χ0) is 11.4. The predicted octanol–water partition coefficient (Wildman–Crippen LogP) is 0.427. The molecule has 0 saturated carbocycles. The van der Waals surface area contributed by atoms with Gasteiger partial charge in [-0.3, -0.25) is 4.79 Å². The van der Waals surface area contributed by atoms with E-state index < -0.39 is 0 Å². The Morgan fingerprint density at radius 2 is 2.27 bits per heavy atom. The summed E-state index contributed by atoms with van der Waals surface area (Å²) in [4.78, 5) is 15.5. The highest BCUT2D eigenvalue weighted by Crippen LogP contribution is 2.07. The number of rotatable bonds is 4. The third kappa shape index (κ3) is 3.36. The Balaban J connectivity index is 2.64. The average molecular weight is 210 g/mol. The van der Waals surface area contributed by atoms with Crippen LogP contribution in [-0.4, -0.2) is 21.5 Å². The zero-order valence-electron chi connectivity index (χ0n) is 9.40. The minimum absolute atomic E-state index is 0.0232. The number of nitrogens with two attached hydrogens (primary N) is 1. The van der Waals surface area contributed by atoms with Crippen molar-refractivity contribution in [3.8, 4) is 0 Å². The molecule has 84 valence electrons. The summed E-state index contributed by atoms with van der Waals surface area (Å²) >= 11 is 0. The molecular formula is C10H18N4O. The van der Waals surface area contributed by atoms with Gasteiger partial charge < -0.3 is 15.6 Å². The molecule has 0 aromatic carbocycles. The first kappa shape index (κ1) is 11.7. The lowest BCUT2D eigenvalue weighted by molar-refractivity contribution is -0.122. The molecule has 0 aliphatic rings. The van der Waals surface area contributed by atoms with E-state index >= 15 is 0 Å². The number of hydrogen-bond donors (Lipinski definition) is 2. The van der Waals surface area contributed by atoms with E-state index in [-0.39, 0.29) is 24.5 Å². The SMILES string of the molecule is CC(C)NC(=O)Cn1cncc1C(C)N. The third-order valence-electron chi connectivity index (χ3n) is 1.97. The van der Waals surface area contributed by atoms with Gasteiger partial charge in [-0.1, -0.05) is 0 Å². The number of nitrogens with one attached hydrogen (secondary N) is 1. The minimum Gasteiger partial charge on any atom is -0.352 e. The lowest BCUT2D eigenvalue weighted by Crippen LogP contribution is -2.33. The van der Waals surface area contributed by atoms with Crippen molar-refractivity contribution in [2.45, 2.75) is 39.4 Å². The number of carbonyl (C=O) groups is 1. The minimum atomic E-state index is -0.112. The largest absolute Gasteiger partial charge is 0.352 e. The maximum absolute atomic E-state index is 11.5. The first-order valence-corrected chi connectivity index (χ1v) is 5.05. The number of hydrogen-bond acceptors (Lipinski definition) is 3. The monoisotopic (exact) mass is 210 g/mol. The van der Waals surface area contributed by atoms with Crippen molar-refractivity contribution in [1.29, 1.82) is 0 Å². The molecule has 1 unspecified atom stereocenters. The van der Waals surface area contributed by atoms with Gasteiger partial charge in [0, 0.05) is 18.3 Å². The van der Waals surface area contributed by atoms with Crippen LogP contribution in [0.4, 0.5) is 0 Å². The molecule has 1 aromatic heterocycles. The summed E-state index contributed by atoms with van der Waals surface area (Å²) in [5, 5.41) is 2.82. The van der Waals surface area contributed by atoms with Crippen molar-refractivity contribution < 1.29 is 4.79 Å². The maximum atomic E-state index is 11.5. The summed E-state index contributed by atoms with van der Waals surface area (Å²) in [7, 11) is 0. The summed E-state index contributed by atoms with van der Waals surface area (Å²) < 4.78 is 1.77. The highest BCUT2D eigenvalue weighted by Gasteiger charge is 2.10. The number of imidazole rings is 1. The van der Waals surface area contributed by atoms with Crippen LogP contribution in [0.1, 0.15) is 32.5 Å². The first-order valence-electron chi connectivity index (χ1n) is 5.05. The van der Waals surface area contributed by atoms with Crippen molar-refractivity contribution in [1.82, 2.24) is 14.9 Å². The Morgan fingerprint density at radius 1 is 1.60 bits per heavy atom. The van der Waals surface area contributed by atoms with E-state index in [4.69, 9.17) is 5.73 Å². The molecule has 0 fully saturated rings. The molecule has 5 nitrogen and oxygen atoms in total. The average Bonchev–Trinajstić information content (AvgIpc) is 2.50. The van der Waals surface area contributed by atoms with E-state index in [1.54, 1.807) is 17.1 Å². The second kappa shape index (κ2) is 4.93. The van der Waals surface area contributed by atoms with Gasteiger partial charge in [0.2, 0.25) is 5.91 Å². The van der Waals surface area contributed by atoms with Crippen molar-refractivity contribution in [2.24, 2.45) is 5.73 Å². The van der Waals surface area contributed by atoms with Crippen LogP contribution in [-0.2, 0) is 11.3 Å². The maximum Gasteiger partial charge on any atom is 0.240 e. The smallest absolute Gasteiger partial charge is 0.240 e. The zero-order valence-corrected chi connectivity index (χ0v) is 9.40. The van der Waals surface area contributed by atoms with Crippen molar-refractivity contribution >= 4 is 5.91 Å². The molecule has 5 heteroatoms. The van der Waals surface area contributed by atoms with E-state index in [2.05, 4.69) is 10.3 Å². The summed E-state index contributed by atoms with van der Waals surface area (Å²) in [5.74, 6) is -0.0232. The molecule has 0 bridgehead atoms. The Hall–Kier alpha value is -1.36. The molecule has 1 amide bonds. The van der Waals surface area contributed by atoms with Crippen LogP contribution in [0.3, 0.4) is 0 Å². The summed E-state index contributed by atoms with van der Waals surface area (Å²) in [6.45, 7) is 6.00. The quantitative estimate of drug-likeness (QED) is 0.756. The third-order valence-corrected chi connectivity index (χ3v) is 1.97. The van der Waals surface area contributed by atoms with Crippen molar-refractivity contribution in [2.75, 3.05) is 0 Å². The van der Waals surface area contributed by atoms with E-state index in [1.807, 2.05) is 20.8 Å². The van der Waals surface area contributed by atoms with Crippen LogP contribution in [0.15, 0.2) is 12.5 Å². The molecule has 1 rings (SSSR count). The fourth-order valence-electron chi connectivity index (χ4n) is 1.36. The van der Waals surface area contributed by atoms with Gasteiger partial charge in [0.25, 0.3) is 0 Å². The topological polar surface area (TPSA) is 72.9 Å². The lowest BCUT2D eigenvalue weighted by Gasteiger charge is -2.12. The van der Waals surface area contributed by atoms with Gasteiger partial charge in [-0.05, 0) is 20.8 Å². The molecular weight excluding hydrogens is 192 g/mol. The van der Waals surface area contributed by atoms with E-state index in [0.29, 0.717) is 0 Å². The standard InChI is InChI=1S/C10H18N4O/c1-7(2)13-10(15)5-14-6-12-4-9(14)8(3)11/h4,6-8H,5,11H2,1-3H3,(H,13,15). The Kier molecular flexibility index (Phi) is 3.85. The van der Waals surface area contributed by atoms with Gasteiger partial charge in [0.15, 0.2) is 0 Å². The van der Waals surface area contributed by atoms with Gasteiger partial charge in [0.05, 0.1) is 12.0 Å². The fourth-order valence-corrected chi connectivity index (χ4v) is 1.36. The number of aromatic nitrogens is 2. The van der Waals surface area contributed by atoms with Crippen LogP contribution >= 0.6 is 0 Å². The van der Waals surface area contributed by atoms with Gasteiger partial charge in [-0.25, -0.2) is 4.98 Å². The Labute approximate surface area is 89.7 Å². The van der Waals surface area contributed by atoms with Crippen molar-refractivity contribution in [3.05, 3.63) is 18.2 Å². The van der Waals surface area contributed by atoms with Crippen molar-refractivity contribution in [3.63, 3.8) is 0 Å². The molecule has 0 spiro atoms. The molecule has 1 atom stereocenters. The van der Waals surface area contributed by atoms with Crippen LogP contribution in [0.2, 0.25) is 0 Å². The van der Waals surface area contributed by atoms with Crippen LogP contribution in [0.25, 0.3) is 0 Å². The molecule has 0 saturated heterocycles. The summed E-state index contributed by atoms with van der Waals surface area (Å²) in [5.41, 5.74) is 6.61. The van der Waals surface area contributed by atoms with Crippen LogP contribution in [0.5, 0.6) is 0 Å². The van der Waals surface area contributed by atoms with Crippen LogP contribution < -0.4 is 11.1 Å². The van der Waals surface area contributed by atoms with E-state index in [1.165, 1.54) is 0 Å². The summed E-state index contributed by atoms with van der Waals surface area (Å²) in [6.07, 6.45) is 3.31. The summed E-state index contributed by atoms with van der Waals surface area (Å²) in [6, 6.07) is 0.0409. The molecule has 0 aliphatic carbocycles. The molecule has 15 heavy (non-hydrogen) atoms. The Morgan fingerprint density at radius 3 is 2.80 bits per heavy atom. The predicted molar refractivity (Wildman–Crippen MR) is 58.1 cm³/mol. The first-order chi connectivity index (χ1) is 7.00. The number of amides is 1. The van der Waals surface area contributed by atoms with E-state index in [0.717, 1.165) is 5.69 Å². The molecule has 1 aromatic rings. The lowest BCUT2D eigenvalue weighted by atomic mass is 10.2. The second-order valence-corrected chi connectivity index (χ2v) is 3.96. The van der Waals surface area contributed by atoms with Crippen LogP contribution in [0, 0.1) is 0 Å². The Bertz CT molecular complexity index is 330.